The summed E-state index contributed by atoms with van der Waals surface area (Å²) < 4.78 is 0. The van der Waals surface area contributed by atoms with Crippen molar-refractivity contribution in [2.24, 2.45) is 0 Å². The average Bonchev–Trinajstić information content (AvgIpc) is 2.61. The maximum atomic E-state index is 10.2. The second-order valence-electron chi connectivity index (χ2n) is 7.42. The van der Waals surface area contributed by atoms with Crippen molar-refractivity contribution in [2.75, 3.05) is 26.8 Å². The normalized spacial score (nSPS) is 10.7. The first kappa shape index (κ1) is 27.6. The Bertz CT molecular complexity index is 273. The third-order valence-corrected chi connectivity index (χ3v) is 4.44. The molecule has 0 unspecified atom stereocenters. The van der Waals surface area contributed by atoms with Crippen LogP contribution in [0.2, 0.25) is 0 Å². The number of nitrogens with zero attached hydrogens (tertiary/aromatic N) is 1. The first-order chi connectivity index (χ1) is 12.6. The van der Waals surface area contributed by atoms with Crippen LogP contribution in [0.5, 0.6) is 0 Å². The largest absolute Gasteiger partial charge is 0.481 e. The quantitative estimate of drug-likeness (QED) is 0.227. The van der Waals surface area contributed by atoms with Crippen molar-refractivity contribution in [3.8, 4) is 0 Å². The van der Waals surface area contributed by atoms with Crippen molar-refractivity contribution in [3.63, 3.8) is 0 Å². The van der Waals surface area contributed by atoms with Gasteiger partial charge in [-0.05, 0) is 39.4 Å². The van der Waals surface area contributed by atoms with Gasteiger partial charge < -0.3 is 10.4 Å². The Morgan fingerprint density at radius 3 is 1.77 bits per heavy atom. The van der Waals surface area contributed by atoms with Crippen molar-refractivity contribution in [1.29, 1.82) is 0 Å². The van der Waals surface area contributed by atoms with Gasteiger partial charge in [0.2, 0.25) is 0 Å². The van der Waals surface area contributed by atoms with Gasteiger partial charge in [-0.15, -0.1) is 0 Å². The molecule has 0 bridgehead atoms. The molecule has 0 aromatic rings. The fourth-order valence-corrected chi connectivity index (χ4v) is 2.82. The molecule has 0 atom stereocenters. The summed E-state index contributed by atoms with van der Waals surface area (Å²) in [6.07, 6.45) is 16.7. The molecule has 0 amide bonds. The Kier molecular flexibility index (Phi) is 25.9. The lowest BCUT2D eigenvalue weighted by Gasteiger charge is -2.15. The van der Waals surface area contributed by atoms with Crippen molar-refractivity contribution in [1.82, 2.24) is 10.2 Å². The van der Waals surface area contributed by atoms with Gasteiger partial charge in [-0.1, -0.05) is 85.0 Å². The number of carbonyl (C=O) groups is 1. The van der Waals surface area contributed by atoms with E-state index in [-0.39, 0.29) is 0 Å². The van der Waals surface area contributed by atoms with E-state index >= 15 is 0 Å². The van der Waals surface area contributed by atoms with Crippen molar-refractivity contribution >= 4 is 5.97 Å². The molecule has 2 N–H and O–H groups in total. The molecule has 0 aliphatic carbocycles. The molecule has 0 radical (unpaired) electrons. The minimum Gasteiger partial charge on any atom is -0.481 e. The number of nitrogens with one attached hydrogen (secondary N) is 1. The minimum absolute atomic E-state index is 0.343. The minimum atomic E-state index is -0.659. The number of carboxylic acid groups (broad SMARTS) is 1. The fraction of sp³-hybridized carbons (Fsp3) is 0.955. The van der Waals surface area contributed by atoms with E-state index < -0.39 is 5.97 Å². The van der Waals surface area contributed by atoms with E-state index in [1.54, 1.807) is 0 Å². The highest BCUT2D eigenvalue weighted by atomic mass is 16.4. The molecule has 0 heterocycles. The summed E-state index contributed by atoms with van der Waals surface area (Å²) in [6, 6.07) is 0. The predicted molar refractivity (Wildman–Crippen MR) is 115 cm³/mol. The van der Waals surface area contributed by atoms with E-state index in [9.17, 15) is 4.79 Å². The zero-order valence-corrected chi connectivity index (χ0v) is 18.3. The van der Waals surface area contributed by atoms with Gasteiger partial charge in [0.15, 0.2) is 0 Å². The van der Waals surface area contributed by atoms with E-state index in [1.807, 2.05) is 0 Å². The van der Waals surface area contributed by atoms with Crippen LogP contribution in [0.25, 0.3) is 0 Å². The molecular weight excluding hydrogens is 324 g/mol. The Morgan fingerprint density at radius 2 is 1.27 bits per heavy atom. The topological polar surface area (TPSA) is 52.6 Å². The van der Waals surface area contributed by atoms with Crippen molar-refractivity contribution in [3.05, 3.63) is 0 Å². The molecular formula is C22H48N2O2. The van der Waals surface area contributed by atoms with Crippen LogP contribution in [0.1, 0.15) is 111 Å². The molecule has 4 heteroatoms. The number of aliphatic carboxylic acids is 1. The molecule has 0 saturated carbocycles. The van der Waals surface area contributed by atoms with Gasteiger partial charge >= 0.3 is 5.97 Å². The van der Waals surface area contributed by atoms with Crippen LogP contribution in [-0.2, 0) is 4.79 Å². The van der Waals surface area contributed by atoms with E-state index in [4.69, 9.17) is 5.11 Å². The van der Waals surface area contributed by atoms with Crippen LogP contribution in [0.15, 0.2) is 0 Å². The van der Waals surface area contributed by atoms with Gasteiger partial charge in [-0.25, -0.2) is 0 Å². The summed E-state index contributed by atoms with van der Waals surface area (Å²) in [5.41, 5.74) is 0. The molecule has 0 aliphatic rings. The summed E-state index contributed by atoms with van der Waals surface area (Å²) in [5.74, 6) is -0.659. The summed E-state index contributed by atoms with van der Waals surface area (Å²) in [4.78, 5) is 12.5. The third kappa shape index (κ3) is 28.2. The number of hydrogen-bond acceptors (Lipinski definition) is 3. The average molecular weight is 373 g/mol. The van der Waals surface area contributed by atoms with Gasteiger partial charge in [-0.2, -0.15) is 0 Å². The van der Waals surface area contributed by atoms with E-state index in [0.29, 0.717) is 6.42 Å². The fourth-order valence-electron chi connectivity index (χ4n) is 2.82. The highest BCUT2D eigenvalue weighted by Gasteiger charge is 1.96. The zero-order chi connectivity index (χ0) is 19.9. The van der Waals surface area contributed by atoms with E-state index in [2.05, 4.69) is 38.0 Å². The Morgan fingerprint density at radius 1 is 0.769 bits per heavy atom. The van der Waals surface area contributed by atoms with Gasteiger partial charge in [-0.3, -0.25) is 9.69 Å². The highest BCUT2D eigenvalue weighted by Crippen LogP contribution is 2.10. The Labute approximate surface area is 164 Å². The summed E-state index contributed by atoms with van der Waals surface area (Å²) in [6.45, 7) is 10.1. The molecule has 0 aromatic heterocycles. The molecule has 0 rings (SSSR count). The second kappa shape index (κ2) is 24.4. The Balaban J connectivity index is 0. The number of hydrogen-bond donors (Lipinski definition) is 2. The van der Waals surface area contributed by atoms with Gasteiger partial charge in [0.05, 0.1) is 0 Å². The van der Waals surface area contributed by atoms with Crippen LogP contribution < -0.4 is 5.32 Å². The molecule has 0 aromatic carbocycles. The van der Waals surface area contributed by atoms with E-state index in [1.165, 1.54) is 83.7 Å². The SMILES string of the molecule is CCCCCCCCCCCC(=O)O.CCCCCNCN(C)CCC. The van der Waals surface area contributed by atoms with Crippen LogP contribution in [0, 0.1) is 0 Å². The lowest BCUT2D eigenvalue weighted by molar-refractivity contribution is -0.137. The molecule has 0 saturated heterocycles. The third-order valence-electron chi connectivity index (χ3n) is 4.44. The number of rotatable bonds is 18. The lowest BCUT2D eigenvalue weighted by Crippen LogP contribution is -2.32. The molecule has 0 spiro atoms. The predicted octanol–water partition coefficient (Wildman–Crippen LogP) is 6.06. The second-order valence-corrected chi connectivity index (χ2v) is 7.42. The van der Waals surface area contributed by atoms with Crippen LogP contribution in [-0.4, -0.2) is 42.8 Å². The van der Waals surface area contributed by atoms with E-state index in [0.717, 1.165) is 19.5 Å². The first-order valence-corrected chi connectivity index (χ1v) is 11.2. The molecule has 158 valence electrons. The van der Waals surface area contributed by atoms with Crippen LogP contribution in [0.3, 0.4) is 0 Å². The monoisotopic (exact) mass is 372 g/mol. The number of unbranched alkanes of at least 4 members (excludes halogenated alkanes) is 10. The summed E-state index contributed by atoms with van der Waals surface area (Å²) in [5, 5.41) is 11.8. The summed E-state index contributed by atoms with van der Waals surface area (Å²) in [7, 11) is 2.16. The smallest absolute Gasteiger partial charge is 0.303 e. The maximum Gasteiger partial charge on any atom is 0.303 e. The first-order valence-electron chi connectivity index (χ1n) is 11.2. The number of carboxylic acids is 1. The van der Waals surface area contributed by atoms with Gasteiger partial charge in [0.1, 0.15) is 0 Å². The molecule has 4 nitrogen and oxygen atoms in total. The molecule has 0 aliphatic heterocycles. The standard InChI is InChI=1S/C12H24O2.C10H24N2/c1-2-3-4-5-6-7-8-9-10-11-12(13)14;1-4-6-7-8-11-10-12(3)9-5-2/h2-11H2,1H3,(H,13,14);11H,4-10H2,1-3H3. The summed E-state index contributed by atoms with van der Waals surface area (Å²) >= 11 is 0. The maximum absolute atomic E-state index is 10.2. The lowest BCUT2D eigenvalue weighted by atomic mass is 10.1. The van der Waals surface area contributed by atoms with Gasteiger partial charge in [0.25, 0.3) is 0 Å². The van der Waals surface area contributed by atoms with Gasteiger partial charge in [0, 0.05) is 13.1 Å². The Hall–Kier alpha value is -0.610. The zero-order valence-electron chi connectivity index (χ0n) is 18.3. The van der Waals surface area contributed by atoms with Crippen molar-refractivity contribution < 1.29 is 9.90 Å². The highest BCUT2D eigenvalue weighted by molar-refractivity contribution is 5.66. The molecule has 0 fully saturated rings. The van der Waals surface area contributed by atoms with Crippen LogP contribution in [0.4, 0.5) is 0 Å². The van der Waals surface area contributed by atoms with Crippen molar-refractivity contribution in [2.45, 2.75) is 111 Å². The van der Waals surface area contributed by atoms with Crippen LogP contribution >= 0.6 is 0 Å². The molecule has 26 heavy (non-hydrogen) atoms.